The molecular formula is C24H28N2O3S. The van der Waals surface area contributed by atoms with Crippen molar-refractivity contribution in [2.45, 2.75) is 40.7 Å². The van der Waals surface area contributed by atoms with Crippen LogP contribution in [-0.4, -0.2) is 35.7 Å². The molecule has 5 nitrogen and oxygen atoms in total. The number of aliphatic imine (C=N–C) groups is 1. The molecule has 1 amide bonds. The Labute approximate surface area is 182 Å². The second-order valence-electron chi connectivity index (χ2n) is 7.40. The van der Waals surface area contributed by atoms with E-state index >= 15 is 0 Å². The Hall–Kier alpha value is -2.73. The fraction of sp³-hybridized carbons (Fsp3) is 0.333. The first-order chi connectivity index (χ1) is 14.3. The van der Waals surface area contributed by atoms with Gasteiger partial charge in [0.05, 0.1) is 23.8 Å². The molecule has 1 fully saturated rings. The lowest BCUT2D eigenvalue weighted by molar-refractivity contribution is -0.122. The second-order valence-corrected chi connectivity index (χ2v) is 8.41. The highest BCUT2D eigenvalue weighted by atomic mass is 32.2. The molecule has 2 aromatic carbocycles. The fourth-order valence-electron chi connectivity index (χ4n) is 3.05. The van der Waals surface area contributed by atoms with E-state index in [2.05, 4.69) is 19.9 Å². The third-order valence-electron chi connectivity index (χ3n) is 4.77. The maximum absolute atomic E-state index is 12.9. The Morgan fingerprint density at radius 2 is 1.87 bits per heavy atom. The van der Waals surface area contributed by atoms with Gasteiger partial charge >= 0.3 is 0 Å². The van der Waals surface area contributed by atoms with Gasteiger partial charge in [0.25, 0.3) is 5.91 Å². The van der Waals surface area contributed by atoms with Crippen LogP contribution in [0.3, 0.4) is 0 Å². The Morgan fingerprint density at radius 3 is 2.50 bits per heavy atom. The number of amides is 1. The molecule has 0 spiro atoms. The Kier molecular flexibility index (Phi) is 6.87. The first kappa shape index (κ1) is 22.0. The van der Waals surface area contributed by atoms with Gasteiger partial charge in [0.2, 0.25) is 0 Å². The molecular weight excluding hydrogens is 396 g/mol. The molecule has 0 saturated carbocycles. The summed E-state index contributed by atoms with van der Waals surface area (Å²) in [6.45, 7) is 10.6. The molecule has 0 aromatic heterocycles. The third-order valence-corrected chi connectivity index (χ3v) is 5.77. The number of carbonyl (C=O) groups excluding carboxylic acids is 1. The average molecular weight is 425 g/mol. The van der Waals surface area contributed by atoms with Gasteiger partial charge in [0.15, 0.2) is 16.7 Å². The largest absolute Gasteiger partial charge is 0.493 e. The lowest BCUT2D eigenvalue weighted by atomic mass is 10.1. The normalized spacial score (nSPS) is 16.8. The molecule has 2 aromatic rings. The number of thioether (sulfide) groups is 1. The maximum Gasteiger partial charge on any atom is 0.266 e. The van der Waals surface area contributed by atoms with Gasteiger partial charge in [0.1, 0.15) is 0 Å². The number of likely N-dealkylation sites (N-methyl/N-ethyl adjacent to an activating group) is 1. The zero-order valence-electron chi connectivity index (χ0n) is 18.4. The summed E-state index contributed by atoms with van der Waals surface area (Å²) in [5.41, 5.74) is 4.13. The van der Waals surface area contributed by atoms with Gasteiger partial charge < -0.3 is 9.47 Å². The molecule has 1 heterocycles. The monoisotopic (exact) mass is 424 g/mol. The summed E-state index contributed by atoms with van der Waals surface area (Å²) in [6, 6.07) is 11.8. The van der Waals surface area contributed by atoms with Crippen molar-refractivity contribution in [2.24, 2.45) is 4.99 Å². The SMILES string of the molecule is CCN1C(=O)/C(=C/c2ccc(OC(C)C)c(OC)c2)SC1=Nc1ccc(C)c(C)c1. The highest BCUT2D eigenvalue weighted by Crippen LogP contribution is 2.36. The topological polar surface area (TPSA) is 51.1 Å². The zero-order chi connectivity index (χ0) is 21.8. The van der Waals surface area contributed by atoms with Crippen molar-refractivity contribution < 1.29 is 14.3 Å². The number of carbonyl (C=O) groups is 1. The molecule has 6 heteroatoms. The van der Waals surface area contributed by atoms with E-state index in [-0.39, 0.29) is 12.0 Å². The van der Waals surface area contributed by atoms with Crippen molar-refractivity contribution in [3.05, 3.63) is 58.0 Å². The number of aryl methyl sites for hydroxylation is 2. The number of methoxy groups -OCH3 is 1. The highest BCUT2D eigenvalue weighted by molar-refractivity contribution is 8.18. The van der Waals surface area contributed by atoms with E-state index in [4.69, 9.17) is 14.5 Å². The van der Waals surface area contributed by atoms with E-state index in [1.54, 1.807) is 12.0 Å². The molecule has 30 heavy (non-hydrogen) atoms. The van der Waals surface area contributed by atoms with Crippen LogP contribution in [0.2, 0.25) is 0 Å². The van der Waals surface area contributed by atoms with Crippen molar-refractivity contribution in [2.75, 3.05) is 13.7 Å². The van der Waals surface area contributed by atoms with E-state index in [1.807, 2.05) is 57.2 Å². The van der Waals surface area contributed by atoms with Crippen molar-refractivity contribution in [3.8, 4) is 11.5 Å². The number of benzene rings is 2. The average Bonchev–Trinajstić information content (AvgIpc) is 2.99. The molecule has 1 aliphatic heterocycles. The first-order valence-electron chi connectivity index (χ1n) is 10.0. The first-order valence-corrected chi connectivity index (χ1v) is 10.9. The molecule has 0 unspecified atom stereocenters. The van der Waals surface area contributed by atoms with Gasteiger partial charge in [0, 0.05) is 6.54 Å². The van der Waals surface area contributed by atoms with Crippen LogP contribution >= 0.6 is 11.8 Å². The fourth-order valence-corrected chi connectivity index (χ4v) is 4.11. The van der Waals surface area contributed by atoms with E-state index in [9.17, 15) is 4.79 Å². The van der Waals surface area contributed by atoms with Crippen molar-refractivity contribution in [1.82, 2.24) is 4.90 Å². The summed E-state index contributed by atoms with van der Waals surface area (Å²) < 4.78 is 11.2. The lowest BCUT2D eigenvalue weighted by Gasteiger charge is -2.14. The minimum atomic E-state index is -0.0356. The van der Waals surface area contributed by atoms with E-state index in [1.165, 1.54) is 22.9 Å². The maximum atomic E-state index is 12.9. The van der Waals surface area contributed by atoms with Gasteiger partial charge in [-0.1, -0.05) is 12.1 Å². The minimum Gasteiger partial charge on any atom is -0.493 e. The van der Waals surface area contributed by atoms with Crippen molar-refractivity contribution >= 4 is 34.6 Å². The van der Waals surface area contributed by atoms with Crippen LogP contribution in [-0.2, 0) is 4.79 Å². The standard InChI is InChI=1S/C24H28N2O3S/c1-7-26-23(27)22(30-24(26)25-19-10-8-16(4)17(5)12-19)14-18-9-11-20(29-15(2)3)21(13-18)28-6/h8-15H,7H2,1-6H3/b22-14-,25-24?. The molecule has 1 saturated heterocycles. The van der Waals surface area contributed by atoms with Crippen molar-refractivity contribution in [1.29, 1.82) is 0 Å². The van der Waals surface area contributed by atoms with Gasteiger partial charge in [-0.25, -0.2) is 4.99 Å². The van der Waals surface area contributed by atoms with Gasteiger partial charge in [-0.3, -0.25) is 9.69 Å². The summed E-state index contributed by atoms with van der Waals surface area (Å²) in [7, 11) is 1.61. The van der Waals surface area contributed by atoms with E-state index in [0.717, 1.165) is 11.3 Å². The van der Waals surface area contributed by atoms with Gasteiger partial charge in [-0.15, -0.1) is 0 Å². The van der Waals surface area contributed by atoms with Crippen LogP contribution in [0.15, 0.2) is 46.3 Å². The molecule has 0 radical (unpaired) electrons. The summed E-state index contributed by atoms with van der Waals surface area (Å²) in [6.07, 6.45) is 1.93. The molecule has 0 atom stereocenters. The number of nitrogens with zero attached hydrogens (tertiary/aromatic N) is 2. The predicted molar refractivity (Wildman–Crippen MR) is 125 cm³/mol. The summed E-state index contributed by atoms with van der Waals surface area (Å²) in [5.74, 6) is 1.30. The van der Waals surface area contributed by atoms with Crippen LogP contribution in [0.1, 0.15) is 37.5 Å². The lowest BCUT2D eigenvalue weighted by Crippen LogP contribution is -2.28. The Bertz CT molecular complexity index is 1010. The van der Waals surface area contributed by atoms with Gasteiger partial charge in [-0.2, -0.15) is 0 Å². The zero-order valence-corrected chi connectivity index (χ0v) is 19.2. The Morgan fingerprint density at radius 1 is 1.10 bits per heavy atom. The number of amidine groups is 1. The predicted octanol–water partition coefficient (Wildman–Crippen LogP) is 5.72. The summed E-state index contributed by atoms with van der Waals surface area (Å²) in [4.78, 5) is 20.0. The highest BCUT2D eigenvalue weighted by Gasteiger charge is 2.32. The van der Waals surface area contributed by atoms with Crippen LogP contribution in [0.4, 0.5) is 5.69 Å². The molecule has 0 bridgehead atoms. The molecule has 3 rings (SSSR count). The number of hydrogen-bond acceptors (Lipinski definition) is 5. The van der Waals surface area contributed by atoms with E-state index < -0.39 is 0 Å². The van der Waals surface area contributed by atoms with Crippen LogP contribution < -0.4 is 9.47 Å². The van der Waals surface area contributed by atoms with Crippen molar-refractivity contribution in [3.63, 3.8) is 0 Å². The van der Waals surface area contributed by atoms with E-state index in [0.29, 0.717) is 28.1 Å². The molecule has 0 N–H and O–H groups in total. The minimum absolute atomic E-state index is 0.0356. The Balaban J connectivity index is 1.91. The number of rotatable bonds is 6. The number of ether oxygens (including phenoxy) is 2. The third kappa shape index (κ3) is 4.87. The molecule has 0 aliphatic carbocycles. The number of hydrogen-bond donors (Lipinski definition) is 0. The smallest absolute Gasteiger partial charge is 0.266 e. The summed E-state index contributed by atoms with van der Waals surface area (Å²) >= 11 is 1.39. The summed E-state index contributed by atoms with van der Waals surface area (Å²) in [5, 5.41) is 0.698. The quantitative estimate of drug-likeness (QED) is 0.556. The molecule has 1 aliphatic rings. The molecule has 158 valence electrons. The second kappa shape index (κ2) is 9.39. The van der Waals surface area contributed by atoms with Crippen LogP contribution in [0.25, 0.3) is 6.08 Å². The van der Waals surface area contributed by atoms with Crippen LogP contribution in [0, 0.1) is 13.8 Å². The van der Waals surface area contributed by atoms with Gasteiger partial charge in [-0.05, 0) is 93.4 Å². The van der Waals surface area contributed by atoms with Crippen LogP contribution in [0.5, 0.6) is 11.5 Å².